The number of thioether (sulfide) groups is 1. The molecule has 0 unspecified atom stereocenters. The van der Waals surface area contributed by atoms with E-state index < -0.39 is 11.1 Å². The van der Waals surface area contributed by atoms with E-state index in [-0.39, 0.29) is 29.8 Å². The van der Waals surface area contributed by atoms with Gasteiger partial charge in [-0.2, -0.15) is 0 Å². The van der Waals surface area contributed by atoms with Crippen molar-refractivity contribution in [2.45, 2.75) is 18.9 Å². The lowest BCUT2D eigenvalue weighted by atomic mass is 9.83. The van der Waals surface area contributed by atoms with Gasteiger partial charge in [-0.05, 0) is 41.8 Å². The van der Waals surface area contributed by atoms with Crippen LogP contribution in [0, 0.1) is 5.92 Å². The van der Waals surface area contributed by atoms with E-state index in [2.05, 4.69) is 0 Å². The summed E-state index contributed by atoms with van der Waals surface area (Å²) in [5, 5.41) is -0.422. The number of amides is 3. The molecule has 3 aliphatic rings. The van der Waals surface area contributed by atoms with Gasteiger partial charge < -0.3 is 9.47 Å². The van der Waals surface area contributed by atoms with Crippen LogP contribution in [0.4, 0.5) is 4.79 Å². The first kappa shape index (κ1) is 19.8. The summed E-state index contributed by atoms with van der Waals surface area (Å²) in [5.41, 5.74) is 1.78. The number of carbonyl (C=O) groups excluding carboxylic acids is 3. The van der Waals surface area contributed by atoms with Crippen molar-refractivity contribution in [1.82, 2.24) is 14.4 Å². The molecule has 7 nitrogen and oxygen atoms in total. The number of imide groups is 1. The van der Waals surface area contributed by atoms with Crippen molar-refractivity contribution >= 4 is 34.9 Å². The van der Waals surface area contributed by atoms with Crippen molar-refractivity contribution < 1.29 is 14.4 Å². The smallest absolute Gasteiger partial charge is 0.294 e. The van der Waals surface area contributed by atoms with Gasteiger partial charge in [0, 0.05) is 37.3 Å². The van der Waals surface area contributed by atoms with Crippen molar-refractivity contribution in [2.24, 2.45) is 5.92 Å². The standard InChI is InChI=1S/C23H21N3O4S/c27-20-8-4-7-18-17-9-16(12-25(18)20)11-24(13-17)21(28)14-26-22(29)19(31-23(26)30)10-15-5-2-1-3-6-15/h1-8,10,16-17H,9,11-14H2/b19-10-/t16-,17+/m0/s1. The predicted molar refractivity (Wildman–Crippen MR) is 117 cm³/mol. The van der Waals surface area contributed by atoms with E-state index in [0.29, 0.717) is 24.5 Å². The Balaban J connectivity index is 1.30. The Morgan fingerprint density at radius 3 is 2.61 bits per heavy atom. The van der Waals surface area contributed by atoms with Crippen LogP contribution in [0.15, 0.2) is 58.2 Å². The average molecular weight is 436 g/mol. The second-order valence-electron chi connectivity index (χ2n) is 8.18. The summed E-state index contributed by atoms with van der Waals surface area (Å²) >= 11 is 0.864. The first-order valence-corrected chi connectivity index (χ1v) is 11.1. The summed E-state index contributed by atoms with van der Waals surface area (Å²) in [4.78, 5) is 53.4. The number of piperidine rings is 1. The van der Waals surface area contributed by atoms with Gasteiger partial charge in [-0.3, -0.25) is 24.1 Å². The topological polar surface area (TPSA) is 79.7 Å². The fourth-order valence-corrected chi connectivity index (χ4v) is 5.51. The fourth-order valence-electron chi connectivity index (χ4n) is 4.67. The molecule has 8 heteroatoms. The van der Waals surface area contributed by atoms with E-state index in [1.807, 2.05) is 41.0 Å². The number of pyridine rings is 1. The Morgan fingerprint density at radius 2 is 1.81 bits per heavy atom. The second-order valence-corrected chi connectivity index (χ2v) is 9.17. The third-order valence-corrected chi connectivity index (χ3v) is 7.00. The Kier molecular flexibility index (Phi) is 5.02. The minimum absolute atomic E-state index is 0.00464. The maximum Gasteiger partial charge on any atom is 0.294 e. The second kappa shape index (κ2) is 7.85. The van der Waals surface area contributed by atoms with Crippen LogP contribution in [0.3, 0.4) is 0 Å². The van der Waals surface area contributed by atoms with Gasteiger partial charge in [0.1, 0.15) is 6.54 Å². The Morgan fingerprint density at radius 1 is 1.00 bits per heavy atom. The number of hydrogen-bond donors (Lipinski definition) is 0. The monoisotopic (exact) mass is 435 g/mol. The van der Waals surface area contributed by atoms with E-state index in [4.69, 9.17) is 0 Å². The number of carbonyl (C=O) groups is 3. The molecule has 0 N–H and O–H groups in total. The van der Waals surface area contributed by atoms with E-state index in [1.165, 1.54) is 0 Å². The van der Waals surface area contributed by atoms with Crippen LogP contribution in [0.25, 0.3) is 6.08 Å². The molecule has 3 aliphatic heterocycles. The predicted octanol–water partition coefficient (Wildman–Crippen LogP) is 2.53. The number of benzene rings is 1. The molecule has 2 saturated heterocycles. The molecule has 0 aliphatic carbocycles. The minimum atomic E-state index is -0.429. The first-order valence-electron chi connectivity index (χ1n) is 10.3. The van der Waals surface area contributed by atoms with Crippen LogP contribution in [0.1, 0.15) is 23.6 Å². The SMILES string of the molecule is O=C(CN1C(=O)S/C(=C\c2ccccc2)C1=O)N1C[C@@H]2C[C@H](C1)c1cccc(=O)n1C2. The quantitative estimate of drug-likeness (QED) is 0.693. The molecule has 2 bridgehead atoms. The molecule has 2 aromatic rings. The number of nitrogens with zero attached hydrogens (tertiary/aromatic N) is 3. The summed E-state index contributed by atoms with van der Waals surface area (Å²) in [6, 6.07) is 14.6. The van der Waals surface area contributed by atoms with Crippen molar-refractivity contribution in [3.8, 4) is 0 Å². The minimum Gasteiger partial charge on any atom is -0.340 e. The summed E-state index contributed by atoms with van der Waals surface area (Å²) < 4.78 is 1.81. The number of hydrogen-bond acceptors (Lipinski definition) is 5. The molecular weight excluding hydrogens is 414 g/mol. The van der Waals surface area contributed by atoms with Crippen molar-refractivity contribution in [3.63, 3.8) is 0 Å². The van der Waals surface area contributed by atoms with E-state index in [1.54, 1.807) is 23.1 Å². The zero-order valence-corrected chi connectivity index (χ0v) is 17.6. The maximum absolute atomic E-state index is 13.0. The lowest BCUT2D eigenvalue weighted by Crippen LogP contribution is -2.51. The lowest BCUT2D eigenvalue weighted by molar-refractivity contribution is -0.138. The van der Waals surface area contributed by atoms with Gasteiger partial charge in [0.25, 0.3) is 16.7 Å². The zero-order chi connectivity index (χ0) is 21.5. The van der Waals surface area contributed by atoms with E-state index in [0.717, 1.165) is 34.3 Å². The maximum atomic E-state index is 13.0. The number of aromatic nitrogens is 1. The van der Waals surface area contributed by atoms with Gasteiger partial charge in [-0.25, -0.2) is 0 Å². The molecule has 31 heavy (non-hydrogen) atoms. The number of fused-ring (bicyclic) bond motifs is 4. The Hall–Kier alpha value is -3.13. The van der Waals surface area contributed by atoms with E-state index in [9.17, 15) is 19.2 Å². The zero-order valence-electron chi connectivity index (χ0n) is 16.8. The van der Waals surface area contributed by atoms with Crippen LogP contribution in [0.2, 0.25) is 0 Å². The van der Waals surface area contributed by atoms with Crippen molar-refractivity contribution in [2.75, 3.05) is 19.6 Å². The third-order valence-electron chi connectivity index (χ3n) is 6.10. The van der Waals surface area contributed by atoms with Gasteiger partial charge in [0.15, 0.2) is 0 Å². The molecule has 0 radical (unpaired) electrons. The van der Waals surface area contributed by atoms with Gasteiger partial charge >= 0.3 is 0 Å². The summed E-state index contributed by atoms with van der Waals surface area (Å²) in [6.45, 7) is 1.37. The summed E-state index contributed by atoms with van der Waals surface area (Å²) in [5.74, 6) is -0.368. The fraction of sp³-hybridized carbons (Fsp3) is 0.304. The van der Waals surface area contributed by atoms with Gasteiger partial charge in [0.05, 0.1) is 4.91 Å². The molecule has 3 amide bonds. The normalized spacial score (nSPS) is 23.9. The molecule has 5 rings (SSSR count). The molecular formula is C23H21N3O4S. The Labute approximate surface area is 183 Å². The van der Waals surface area contributed by atoms with E-state index >= 15 is 0 Å². The highest BCUT2D eigenvalue weighted by Crippen LogP contribution is 2.36. The Bertz CT molecular complexity index is 1160. The lowest BCUT2D eigenvalue weighted by Gasteiger charge is -2.43. The van der Waals surface area contributed by atoms with Gasteiger partial charge in [-0.15, -0.1) is 0 Å². The van der Waals surface area contributed by atoms with Crippen LogP contribution in [-0.2, 0) is 16.1 Å². The van der Waals surface area contributed by atoms with Crippen LogP contribution < -0.4 is 5.56 Å². The highest BCUT2D eigenvalue weighted by molar-refractivity contribution is 8.18. The average Bonchev–Trinajstić information content (AvgIpc) is 3.02. The molecule has 0 spiro atoms. The highest BCUT2D eigenvalue weighted by atomic mass is 32.2. The van der Waals surface area contributed by atoms with Crippen LogP contribution in [-0.4, -0.2) is 51.1 Å². The molecule has 2 atom stereocenters. The third kappa shape index (κ3) is 3.72. The number of rotatable bonds is 3. The summed E-state index contributed by atoms with van der Waals surface area (Å²) in [7, 11) is 0. The first-order chi connectivity index (χ1) is 15.0. The van der Waals surface area contributed by atoms with Crippen molar-refractivity contribution in [3.05, 3.63) is 75.0 Å². The molecule has 1 aromatic heterocycles. The highest BCUT2D eigenvalue weighted by Gasteiger charge is 2.40. The summed E-state index contributed by atoms with van der Waals surface area (Å²) in [6.07, 6.45) is 2.62. The largest absolute Gasteiger partial charge is 0.340 e. The van der Waals surface area contributed by atoms with Crippen LogP contribution in [0.5, 0.6) is 0 Å². The molecule has 158 valence electrons. The van der Waals surface area contributed by atoms with Gasteiger partial charge in [-0.1, -0.05) is 36.4 Å². The van der Waals surface area contributed by atoms with Crippen molar-refractivity contribution in [1.29, 1.82) is 0 Å². The van der Waals surface area contributed by atoms with Gasteiger partial charge in [0.2, 0.25) is 5.91 Å². The molecule has 2 fully saturated rings. The molecule has 1 aromatic carbocycles. The number of likely N-dealkylation sites (tertiary alicyclic amines) is 1. The molecule has 4 heterocycles. The van der Waals surface area contributed by atoms with Crippen LogP contribution >= 0.6 is 11.8 Å². The molecule has 0 saturated carbocycles.